The normalized spacial score (nSPS) is 11.1. The van der Waals surface area contributed by atoms with Gasteiger partial charge in [0.25, 0.3) is 11.9 Å². The van der Waals surface area contributed by atoms with Crippen LogP contribution in [0.1, 0.15) is 15.9 Å². The van der Waals surface area contributed by atoms with Crippen molar-refractivity contribution in [3.63, 3.8) is 0 Å². The summed E-state index contributed by atoms with van der Waals surface area (Å²) < 4.78 is 0. The number of rotatable bonds is 2. The van der Waals surface area contributed by atoms with Gasteiger partial charge in [-0.1, -0.05) is 23.2 Å². The molecule has 2 N–H and O–H groups in total. The highest BCUT2D eigenvalue weighted by Crippen LogP contribution is 2.23. The lowest BCUT2D eigenvalue weighted by atomic mass is 10.2. The molecule has 1 amide bonds. The minimum atomic E-state index is -0.320. The molecule has 24 heavy (non-hydrogen) atoms. The molecule has 0 unspecified atom stereocenters. The second-order valence-corrected chi connectivity index (χ2v) is 5.90. The van der Waals surface area contributed by atoms with Gasteiger partial charge in [0.05, 0.1) is 0 Å². The van der Waals surface area contributed by atoms with Crippen LogP contribution >= 0.6 is 11.6 Å². The summed E-state index contributed by atoms with van der Waals surface area (Å²) in [4.78, 5) is 19.7. The van der Waals surface area contributed by atoms with Gasteiger partial charge in [-0.05, 0) is 43.3 Å². The first-order valence-corrected chi connectivity index (χ1v) is 7.67. The molecule has 0 bridgehead atoms. The van der Waals surface area contributed by atoms with Crippen molar-refractivity contribution in [2.24, 2.45) is 0 Å². The van der Waals surface area contributed by atoms with E-state index in [-0.39, 0.29) is 11.9 Å². The number of amides is 1. The Morgan fingerprint density at radius 2 is 1.92 bits per heavy atom. The molecule has 0 fully saturated rings. The van der Waals surface area contributed by atoms with Gasteiger partial charge in [0.15, 0.2) is 5.65 Å². The molecule has 0 aliphatic carbocycles. The fourth-order valence-corrected chi connectivity index (χ4v) is 2.64. The van der Waals surface area contributed by atoms with Gasteiger partial charge in [0.2, 0.25) is 0 Å². The Morgan fingerprint density at radius 3 is 2.71 bits per heavy atom. The molecule has 0 saturated heterocycles. The van der Waals surface area contributed by atoms with Crippen LogP contribution in [0, 0.1) is 6.92 Å². The minimum absolute atomic E-state index is 0.144. The van der Waals surface area contributed by atoms with Crippen LogP contribution in [-0.2, 0) is 0 Å². The fourth-order valence-electron chi connectivity index (χ4n) is 2.51. The Morgan fingerprint density at radius 1 is 1.12 bits per heavy atom. The lowest BCUT2D eigenvalue weighted by Gasteiger charge is -2.03. The van der Waals surface area contributed by atoms with Crippen LogP contribution in [0.2, 0.25) is 5.02 Å². The maximum Gasteiger partial charge on any atom is 0.258 e. The third-order valence-electron chi connectivity index (χ3n) is 3.70. The quantitative estimate of drug-likeness (QED) is 0.584. The molecular weight excluding hydrogens is 326 g/mol. The Kier molecular flexibility index (Phi) is 3.39. The standard InChI is InChI=1S/C17H12ClN5O/c1-9-2-7-13-12(8-9)14-15(19-13)20-17(23-22-14)21-16(24)10-3-5-11(18)6-4-10/h2-8H,1H3,(H2,19,20,21,23,24). The molecule has 6 nitrogen and oxygen atoms in total. The number of aromatic nitrogens is 4. The predicted molar refractivity (Wildman–Crippen MR) is 93.3 cm³/mol. The van der Waals surface area contributed by atoms with E-state index in [2.05, 4.69) is 25.5 Å². The average Bonchev–Trinajstić information content (AvgIpc) is 2.92. The monoisotopic (exact) mass is 337 g/mol. The molecule has 0 radical (unpaired) electrons. The number of anilines is 1. The number of hydrogen-bond acceptors (Lipinski definition) is 4. The number of benzene rings is 2. The number of carbonyl (C=O) groups excluding carboxylic acids is 1. The van der Waals surface area contributed by atoms with E-state index in [1.54, 1.807) is 24.3 Å². The summed E-state index contributed by atoms with van der Waals surface area (Å²) >= 11 is 5.82. The minimum Gasteiger partial charge on any atom is -0.338 e. The van der Waals surface area contributed by atoms with Crippen LogP contribution in [0.15, 0.2) is 42.5 Å². The number of nitrogens with one attached hydrogen (secondary N) is 2. The van der Waals surface area contributed by atoms with Crippen LogP contribution in [0.4, 0.5) is 5.95 Å². The highest BCUT2D eigenvalue weighted by molar-refractivity contribution is 6.30. The van der Waals surface area contributed by atoms with Gasteiger partial charge >= 0.3 is 0 Å². The summed E-state index contributed by atoms with van der Waals surface area (Å²) in [5.74, 6) is -0.175. The molecule has 4 rings (SSSR count). The summed E-state index contributed by atoms with van der Waals surface area (Å²) in [5, 5.41) is 12.4. The molecular formula is C17H12ClN5O. The first-order valence-electron chi connectivity index (χ1n) is 7.30. The molecule has 2 aromatic carbocycles. The first kappa shape index (κ1) is 14.6. The number of hydrogen-bond donors (Lipinski definition) is 2. The molecule has 0 aliphatic rings. The second kappa shape index (κ2) is 5.58. The van der Waals surface area contributed by atoms with Crippen LogP contribution in [0.3, 0.4) is 0 Å². The molecule has 118 valence electrons. The molecule has 0 spiro atoms. The number of nitrogens with zero attached hydrogens (tertiary/aromatic N) is 3. The third-order valence-corrected chi connectivity index (χ3v) is 3.95. The molecule has 0 atom stereocenters. The Balaban J connectivity index is 1.68. The zero-order valence-electron chi connectivity index (χ0n) is 12.7. The van der Waals surface area contributed by atoms with Gasteiger partial charge in [0.1, 0.15) is 5.52 Å². The van der Waals surface area contributed by atoms with E-state index < -0.39 is 0 Å². The second-order valence-electron chi connectivity index (χ2n) is 5.47. The number of carbonyl (C=O) groups is 1. The SMILES string of the molecule is Cc1ccc2[nH]c3nc(NC(=O)c4ccc(Cl)cc4)nnc3c2c1. The maximum atomic E-state index is 12.2. The van der Waals surface area contributed by atoms with Crippen molar-refractivity contribution < 1.29 is 4.79 Å². The molecule has 2 aromatic heterocycles. The Labute approximate surface area is 141 Å². The number of aromatic amines is 1. The number of aryl methyl sites for hydroxylation is 1. The van der Waals surface area contributed by atoms with Gasteiger partial charge in [-0.2, -0.15) is 4.98 Å². The van der Waals surface area contributed by atoms with Crippen LogP contribution in [0.25, 0.3) is 22.1 Å². The van der Waals surface area contributed by atoms with Gasteiger partial charge in [0, 0.05) is 21.5 Å². The average molecular weight is 338 g/mol. The largest absolute Gasteiger partial charge is 0.338 e. The Bertz CT molecular complexity index is 1070. The van der Waals surface area contributed by atoms with Crippen LogP contribution < -0.4 is 5.32 Å². The molecule has 0 saturated carbocycles. The lowest BCUT2D eigenvalue weighted by molar-refractivity contribution is 0.102. The summed E-state index contributed by atoms with van der Waals surface area (Å²) in [6.07, 6.45) is 0. The Hall–Kier alpha value is -2.99. The molecule has 4 aromatic rings. The van der Waals surface area contributed by atoms with Crippen molar-refractivity contribution in [1.82, 2.24) is 20.2 Å². The van der Waals surface area contributed by atoms with Crippen molar-refractivity contribution in [1.29, 1.82) is 0 Å². The highest BCUT2D eigenvalue weighted by Gasteiger charge is 2.12. The van der Waals surface area contributed by atoms with E-state index in [0.717, 1.165) is 16.5 Å². The van der Waals surface area contributed by atoms with Crippen LogP contribution in [0.5, 0.6) is 0 Å². The van der Waals surface area contributed by atoms with Crippen molar-refractivity contribution in [3.8, 4) is 0 Å². The van der Waals surface area contributed by atoms with Crippen molar-refractivity contribution in [3.05, 3.63) is 58.6 Å². The number of H-pyrrole nitrogens is 1. The van der Waals surface area contributed by atoms with Crippen molar-refractivity contribution in [2.75, 3.05) is 5.32 Å². The first-order chi connectivity index (χ1) is 11.6. The van der Waals surface area contributed by atoms with Crippen molar-refractivity contribution >= 4 is 45.5 Å². The molecule has 7 heteroatoms. The topological polar surface area (TPSA) is 83.6 Å². The number of halogens is 1. The van der Waals surface area contributed by atoms with Gasteiger partial charge in [-0.15, -0.1) is 10.2 Å². The van der Waals surface area contributed by atoms with Crippen molar-refractivity contribution in [2.45, 2.75) is 6.92 Å². The van der Waals surface area contributed by atoms with E-state index >= 15 is 0 Å². The third kappa shape index (κ3) is 2.57. The summed E-state index contributed by atoms with van der Waals surface area (Å²) in [6.45, 7) is 2.01. The lowest BCUT2D eigenvalue weighted by Crippen LogP contribution is -2.14. The number of fused-ring (bicyclic) bond motifs is 3. The zero-order chi connectivity index (χ0) is 16.7. The van der Waals surface area contributed by atoms with E-state index in [9.17, 15) is 4.79 Å². The van der Waals surface area contributed by atoms with Crippen LogP contribution in [-0.4, -0.2) is 26.1 Å². The van der Waals surface area contributed by atoms with Gasteiger partial charge in [-0.3, -0.25) is 10.1 Å². The summed E-state index contributed by atoms with van der Waals surface area (Å²) in [6, 6.07) is 12.6. The molecule has 2 heterocycles. The van der Waals surface area contributed by atoms with E-state index in [1.807, 2.05) is 25.1 Å². The van der Waals surface area contributed by atoms with E-state index in [4.69, 9.17) is 11.6 Å². The summed E-state index contributed by atoms with van der Waals surface area (Å²) in [5.41, 5.74) is 3.79. The van der Waals surface area contributed by atoms with E-state index in [0.29, 0.717) is 21.7 Å². The maximum absolute atomic E-state index is 12.2. The fraction of sp³-hybridized carbons (Fsp3) is 0.0588. The van der Waals surface area contributed by atoms with Gasteiger partial charge in [-0.25, -0.2) is 0 Å². The van der Waals surface area contributed by atoms with E-state index in [1.165, 1.54) is 0 Å². The van der Waals surface area contributed by atoms with Gasteiger partial charge < -0.3 is 4.98 Å². The highest BCUT2D eigenvalue weighted by atomic mass is 35.5. The molecule has 0 aliphatic heterocycles. The smallest absolute Gasteiger partial charge is 0.258 e. The zero-order valence-corrected chi connectivity index (χ0v) is 13.4. The summed E-state index contributed by atoms with van der Waals surface area (Å²) in [7, 11) is 0. The predicted octanol–water partition coefficient (Wildman–Crippen LogP) is 3.72.